The molecule has 1 heterocycles. The summed E-state index contributed by atoms with van der Waals surface area (Å²) in [6.45, 7) is 2.83. The summed E-state index contributed by atoms with van der Waals surface area (Å²) in [5.41, 5.74) is 7.41. The lowest BCUT2D eigenvalue weighted by Gasteiger charge is -2.41. The molecule has 0 radical (unpaired) electrons. The SMILES string of the molecule is Cc1occc1C1(CCN)CCC1. The van der Waals surface area contributed by atoms with E-state index in [4.69, 9.17) is 10.2 Å². The van der Waals surface area contributed by atoms with E-state index in [0.29, 0.717) is 5.41 Å². The first kappa shape index (κ1) is 8.82. The van der Waals surface area contributed by atoms with Crippen LogP contribution in [0.2, 0.25) is 0 Å². The lowest BCUT2D eigenvalue weighted by atomic mass is 9.62. The van der Waals surface area contributed by atoms with E-state index >= 15 is 0 Å². The van der Waals surface area contributed by atoms with Crippen LogP contribution in [0, 0.1) is 6.92 Å². The van der Waals surface area contributed by atoms with E-state index in [9.17, 15) is 0 Å². The number of hydrogen-bond donors (Lipinski definition) is 1. The molecule has 2 nitrogen and oxygen atoms in total. The summed E-state index contributed by atoms with van der Waals surface area (Å²) in [6.07, 6.45) is 6.80. The first-order valence-electron chi connectivity index (χ1n) is 5.03. The zero-order valence-corrected chi connectivity index (χ0v) is 8.18. The van der Waals surface area contributed by atoms with Crippen molar-refractivity contribution in [2.75, 3.05) is 6.54 Å². The number of rotatable bonds is 3. The van der Waals surface area contributed by atoms with Crippen molar-refractivity contribution < 1.29 is 4.42 Å². The quantitative estimate of drug-likeness (QED) is 0.773. The maximum absolute atomic E-state index is 5.65. The number of hydrogen-bond acceptors (Lipinski definition) is 2. The van der Waals surface area contributed by atoms with Gasteiger partial charge in [0.15, 0.2) is 0 Å². The first-order chi connectivity index (χ1) is 6.28. The van der Waals surface area contributed by atoms with Crippen molar-refractivity contribution in [2.45, 2.75) is 38.0 Å². The summed E-state index contributed by atoms with van der Waals surface area (Å²) in [6, 6.07) is 2.12. The Bertz CT molecular complexity index is 286. The lowest BCUT2D eigenvalue weighted by Crippen LogP contribution is -2.36. The fourth-order valence-electron chi connectivity index (χ4n) is 2.47. The van der Waals surface area contributed by atoms with Crippen molar-refractivity contribution >= 4 is 0 Å². The maximum Gasteiger partial charge on any atom is 0.104 e. The Morgan fingerprint density at radius 1 is 1.54 bits per heavy atom. The largest absolute Gasteiger partial charge is 0.469 e. The van der Waals surface area contributed by atoms with Gasteiger partial charge in [0.05, 0.1) is 6.26 Å². The van der Waals surface area contributed by atoms with Crippen LogP contribution in [0.1, 0.15) is 37.0 Å². The predicted molar refractivity (Wildman–Crippen MR) is 52.6 cm³/mol. The zero-order valence-electron chi connectivity index (χ0n) is 8.18. The molecule has 13 heavy (non-hydrogen) atoms. The Labute approximate surface area is 79.1 Å². The normalized spacial score (nSPS) is 19.8. The molecule has 1 fully saturated rings. The molecule has 1 aliphatic carbocycles. The Kier molecular flexibility index (Phi) is 2.16. The average Bonchev–Trinajstić information content (AvgIpc) is 2.44. The number of nitrogens with two attached hydrogens (primary N) is 1. The van der Waals surface area contributed by atoms with Crippen LogP contribution in [0.15, 0.2) is 16.7 Å². The van der Waals surface area contributed by atoms with Crippen LogP contribution in [-0.2, 0) is 5.41 Å². The molecule has 0 spiro atoms. The van der Waals surface area contributed by atoms with Crippen LogP contribution in [0.4, 0.5) is 0 Å². The predicted octanol–water partition coefficient (Wildman–Crippen LogP) is 2.36. The summed E-state index contributed by atoms with van der Waals surface area (Å²) in [5.74, 6) is 1.08. The van der Waals surface area contributed by atoms with Gasteiger partial charge in [-0.05, 0) is 49.8 Å². The molecule has 2 N–H and O–H groups in total. The lowest BCUT2D eigenvalue weighted by molar-refractivity contribution is 0.226. The van der Waals surface area contributed by atoms with Gasteiger partial charge in [-0.1, -0.05) is 6.42 Å². The van der Waals surface area contributed by atoms with Gasteiger partial charge in [-0.25, -0.2) is 0 Å². The minimum atomic E-state index is 0.367. The van der Waals surface area contributed by atoms with E-state index in [0.717, 1.165) is 18.7 Å². The molecule has 0 bridgehead atoms. The molecule has 2 heteroatoms. The van der Waals surface area contributed by atoms with Crippen molar-refractivity contribution in [3.8, 4) is 0 Å². The summed E-state index contributed by atoms with van der Waals surface area (Å²) in [7, 11) is 0. The second kappa shape index (κ2) is 3.18. The zero-order chi connectivity index (χ0) is 9.31. The van der Waals surface area contributed by atoms with Gasteiger partial charge in [0, 0.05) is 0 Å². The van der Waals surface area contributed by atoms with Crippen LogP contribution < -0.4 is 5.73 Å². The molecule has 0 aromatic carbocycles. The van der Waals surface area contributed by atoms with Gasteiger partial charge in [0.2, 0.25) is 0 Å². The fraction of sp³-hybridized carbons (Fsp3) is 0.636. The van der Waals surface area contributed by atoms with Crippen molar-refractivity contribution in [1.29, 1.82) is 0 Å². The third-order valence-electron chi connectivity index (χ3n) is 3.36. The summed E-state index contributed by atoms with van der Waals surface area (Å²) in [4.78, 5) is 0. The van der Waals surface area contributed by atoms with E-state index in [1.807, 2.05) is 6.92 Å². The highest BCUT2D eigenvalue weighted by atomic mass is 16.3. The molecule has 1 aromatic heterocycles. The van der Waals surface area contributed by atoms with Crippen molar-refractivity contribution in [3.05, 3.63) is 23.7 Å². The van der Waals surface area contributed by atoms with Gasteiger partial charge in [0.1, 0.15) is 5.76 Å². The molecule has 1 aromatic rings. The molecular formula is C11H17NO. The summed E-state index contributed by atoms with van der Waals surface area (Å²) >= 11 is 0. The van der Waals surface area contributed by atoms with Gasteiger partial charge in [0.25, 0.3) is 0 Å². The Balaban J connectivity index is 2.26. The Morgan fingerprint density at radius 2 is 2.31 bits per heavy atom. The monoisotopic (exact) mass is 179 g/mol. The maximum atomic E-state index is 5.65. The van der Waals surface area contributed by atoms with Crippen LogP contribution in [0.3, 0.4) is 0 Å². The molecule has 2 rings (SSSR count). The second-order valence-electron chi connectivity index (χ2n) is 4.06. The molecule has 72 valence electrons. The van der Waals surface area contributed by atoms with E-state index in [-0.39, 0.29) is 0 Å². The van der Waals surface area contributed by atoms with E-state index < -0.39 is 0 Å². The van der Waals surface area contributed by atoms with Crippen molar-refractivity contribution in [3.63, 3.8) is 0 Å². The van der Waals surface area contributed by atoms with Gasteiger partial charge in [-0.2, -0.15) is 0 Å². The number of aryl methyl sites for hydroxylation is 1. The van der Waals surface area contributed by atoms with Crippen molar-refractivity contribution in [1.82, 2.24) is 0 Å². The second-order valence-corrected chi connectivity index (χ2v) is 4.06. The third-order valence-corrected chi connectivity index (χ3v) is 3.36. The van der Waals surface area contributed by atoms with Gasteiger partial charge in [-0.15, -0.1) is 0 Å². The number of furan rings is 1. The van der Waals surface area contributed by atoms with Gasteiger partial charge < -0.3 is 10.2 Å². The van der Waals surface area contributed by atoms with E-state index in [2.05, 4.69) is 6.07 Å². The molecule has 1 aliphatic rings. The van der Waals surface area contributed by atoms with E-state index in [1.54, 1.807) is 6.26 Å². The highest BCUT2D eigenvalue weighted by Gasteiger charge is 2.39. The minimum Gasteiger partial charge on any atom is -0.469 e. The topological polar surface area (TPSA) is 39.2 Å². The van der Waals surface area contributed by atoms with Crippen LogP contribution in [0.25, 0.3) is 0 Å². The Morgan fingerprint density at radius 3 is 2.69 bits per heavy atom. The van der Waals surface area contributed by atoms with Crippen LogP contribution in [-0.4, -0.2) is 6.54 Å². The van der Waals surface area contributed by atoms with Gasteiger partial charge >= 0.3 is 0 Å². The minimum absolute atomic E-state index is 0.367. The fourth-order valence-corrected chi connectivity index (χ4v) is 2.47. The molecule has 0 saturated heterocycles. The van der Waals surface area contributed by atoms with Crippen LogP contribution in [0.5, 0.6) is 0 Å². The molecule has 0 amide bonds. The summed E-state index contributed by atoms with van der Waals surface area (Å²) in [5, 5.41) is 0. The average molecular weight is 179 g/mol. The molecular weight excluding hydrogens is 162 g/mol. The van der Waals surface area contributed by atoms with Gasteiger partial charge in [-0.3, -0.25) is 0 Å². The Hall–Kier alpha value is -0.760. The standard InChI is InChI=1S/C11H17NO/c1-9-10(3-8-13-9)11(6-7-12)4-2-5-11/h3,8H,2,4-7,12H2,1H3. The molecule has 0 aliphatic heterocycles. The highest BCUT2D eigenvalue weighted by molar-refractivity contribution is 5.29. The smallest absolute Gasteiger partial charge is 0.104 e. The van der Waals surface area contributed by atoms with E-state index in [1.165, 1.54) is 24.8 Å². The summed E-state index contributed by atoms with van der Waals surface area (Å²) < 4.78 is 5.35. The third kappa shape index (κ3) is 1.29. The molecule has 0 atom stereocenters. The first-order valence-corrected chi connectivity index (χ1v) is 5.03. The highest BCUT2D eigenvalue weighted by Crippen LogP contribution is 2.47. The van der Waals surface area contributed by atoms with Crippen molar-refractivity contribution in [2.24, 2.45) is 5.73 Å². The molecule has 1 saturated carbocycles. The molecule has 0 unspecified atom stereocenters. The van der Waals surface area contributed by atoms with Crippen LogP contribution >= 0.6 is 0 Å².